The third-order valence-corrected chi connectivity index (χ3v) is 4.66. The van der Waals surface area contributed by atoms with Crippen LogP contribution in [0.2, 0.25) is 0 Å². The van der Waals surface area contributed by atoms with Gasteiger partial charge in [-0.1, -0.05) is 12.1 Å². The summed E-state index contributed by atoms with van der Waals surface area (Å²) in [5.41, 5.74) is 0.00548. The predicted octanol–water partition coefficient (Wildman–Crippen LogP) is 1.56. The molecule has 1 unspecified atom stereocenters. The van der Waals surface area contributed by atoms with E-state index < -0.39 is 0 Å². The predicted molar refractivity (Wildman–Crippen MR) is 76.8 cm³/mol. The lowest BCUT2D eigenvalue weighted by Crippen LogP contribution is -2.43. The zero-order valence-electron chi connectivity index (χ0n) is 12.8. The molecule has 3 heterocycles. The number of ether oxygens (including phenoxy) is 1. The summed E-state index contributed by atoms with van der Waals surface area (Å²) in [6, 6.07) is 0. The van der Waals surface area contributed by atoms with Crippen molar-refractivity contribution < 1.29 is 14.4 Å². The molecule has 0 saturated carbocycles. The number of rotatable bonds is 4. The Morgan fingerprint density at radius 2 is 2.19 bits per heavy atom. The van der Waals surface area contributed by atoms with Crippen molar-refractivity contribution in [3.05, 3.63) is 11.7 Å². The lowest BCUT2D eigenvalue weighted by molar-refractivity contribution is 0.0414. The second-order valence-electron chi connectivity index (χ2n) is 6.72. The zero-order valence-corrected chi connectivity index (χ0v) is 12.8. The van der Waals surface area contributed by atoms with E-state index in [1.54, 1.807) is 0 Å². The van der Waals surface area contributed by atoms with Crippen molar-refractivity contribution in [2.75, 3.05) is 32.9 Å². The number of likely N-dealkylation sites (tertiary alicyclic amines) is 1. The average molecular weight is 295 g/mol. The second-order valence-corrected chi connectivity index (χ2v) is 6.72. The monoisotopic (exact) mass is 295 g/mol. The van der Waals surface area contributed by atoms with E-state index in [2.05, 4.69) is 22.0 Å². The van der Waals surface area contributed by atoms with Gasteiger partial charge in [0.05, 0.1) is 6.54 Å². The molecule has 2 aliphatic heterocycles. The summed E-state index contributed by atoms with van der Waals surface area (Å²) >= 11 is 0. The number of hydrogen-bond donors (Lipinski definition) is 1. The number of aliphatic hydroxyl groups excluding tert-OH is 1. The maximum Gasteiger partial charge on any atom is 0.229 e. The quantitative estimate of drug-likeness (QED) is 0.909. The maximum atomic E-state index is 9.52. The Morgan fingerprint density at radius 3 is 2.95 bits per heavy atom. The van der Waals surface area contributed by atoms with Crippen LogP contribution in [0.3, 0.4) is 0 Å². The Balaban J connectivity index is 1.59. The highest BCUT2D eigenvalue weighted by Gasteiger charge is 2.31. The lowest BCUT2D eigenvalue weighted by Gasteiger charge is -2.38. The molecular weight excluding hydrogens is 270 g/mol. The van der Waals surface area contributed by atoms with Crippen molar-refractivity contribution in [2.24, 2.45) is 5.41 Å². The number of nitrogens with zero attached hydrogens (tertiary/aromatic N) is 3. The third kappa shape index (κ3) is 3.62. The van der Waals surface area contributed by atoms with Gasteiger partial charge in [0, 0.05) is 37.7 Å². The van der Waals surface area contributed by atoms with Crippen LogP contribution in [-0.2, 0) is 11.3 Å². The number of aromatic nitrogens is 2. The molecule has 3 rings (SSSR count). The van der Waals surface area contributed by atoms with Crippen molar-refractivity contribution in [3.8, 4) is 0 Å². The van der Waals surface area contributed by atoms with Crippen molar-refractivity contribution in [3.63, 3.8) is 0 Å². The summed E-state index contributed by atoms with van der Waals surface area (Å²) in [5, 5.41) is 13.6. The van der Waals surface area contributed by atoms with Crippen molar-refractivity contribution >= 4 is 0 Å². The molecule has 2 fully saturated rings. The summed E-state index contributed by atoms with van der Waals surface area (Å²) in [6.45, 7) is 6.59. The van der Waals surface area contributed by atoms with Gasteiger partial charge >= 0.3 is 0 Å². The van der Waals surface area contributed by atoms with Crippen LogP contribution in [-0.4, -0.2) is 53.1 Å². The van der Waals surface area contributed by atoms with Crippen molar-refractivity contribution in [1.82, 2.24) is 15.0 Å². The molecule has 0 radical (unpaired) electrons. The second kappa shape index (κ2) is 6.42. The van der Waals surface area contributed by atoms with Gasteiger partial charge in [-0.2, -0.15) is 4.98 Å². The standard InChI is InChI=1S/C15H25N3O3/c1-15(11-19)5-2-6-18(10-15)9-13-16-14(21-17-13)12-3-7-20-8-4-12/h12,19H,2-11H2,1H3. The first-order valence-electron chi connectivity index (χ1n) is 7.92. The molecule has 0 aromatic carbocycles. The first-order chi connectivity index (χ1) is 10.2. The highest BCUT2D eigenvalue weighted by Crippen LogP contribution is 2.30. The third-order valence-electron chi connectivity index (χ3n) is 4.66. The molecule has 6 heteroatoms. The minimum atomic E-state index is 0.00548. The van der Waals surface area contributed by atoms with E-state index in [0.717, 1.165) is 63.7 Å². The van der Waals surface area contributed by atoms with Crippen LogP contribution >= 0.6 is 0 Å². The SMILES string of the molecule is CC1(CO)CCCN(Cc2noc(C3CCOCC3)n2)C1. The number of hydrogen-bond acceptors (Lipinski definition) is 6. The Hall–Kier alpha value is -0.980. The molecule has 1 aromatic rings. The van der Waals surface area contributed by atoms with Gasteiger partial charge in [0.1, 0.15) is 0 Å². The lowest BCUT2D eigenvalue weighted by atomic mass is 9.83. The Kier molecular flexibility index (Phi) is 4.57. The Morgan fingerprint density at radius 1 is 1.38 bits per heavy atom. The van der Waals surface area contributed by atoms with Crippen molar-refractivity contribution in [2.45, 2.75) is 45.1 Å². The van der Waals surface area contributed by atoms with Gasteiger partial charge in [-0.3, -0.25) is 4.90 Å². The molecule has 1 atom stereocenters. The average Bonchev–Trinajstić information content (AvgIpc) is 2.97. The van der Waals surface area contributed by atoms with Gasteiger partial charge < -0.3 is 14.4 Å². The van der Waals surface area contributed by atoms with Crippen molar-refractivity contribution in [1.29, 1.82) is 0 Å². The van der Waals surface area contributed by atoms with E-state index in [-0.39, 0.29) is 12.0 Å². The smallest absolute Gasteiger partial charge is 0.229 e. The molecule has 1 N–H and O–H groups in total. The van der Waals surface area contributed by atoms with Crippen LogP contribution in [0.5, 0.6) is 0 Å². The number of piperidine rings is 1. The van der Waals surface area contributed by atoms with Gasteiger partial charge in [0.2, 0.25) is 5.89 Å². The molecule has 1 aromatic heterocycles. The Bertz CT molecular complexity index is 459. The Labute approximate surface area is 125 Å². The van der Waals surface area contributed by atoms with Gasteiger partial charge in [-0.25, -0.2) is 0 Å². The van der Waals surface area contributed by atoms with Gasteiger partial charge in [-0.15, -0.1) is 0 Å². The van der Waals surface area contributed by atoms with Crippen LogP contribution in [0.15, 0.2) is 4.52 Å². The highest BCUT2D eigenvalue weighted by atomic mass is 16.5. The summed E-state index contributed by atoms with van der Waals surface area (Å²) < 4.78 is 10.8. The minimum Gasteiger partial charge on any atom is -0.396 e. The van der Waals surface area contributed by atoms with E-state index in [9.17, 15) is 5.11 Å². The fourth-order valence-electron chi connectivity index (χ4n) is 3.33. The molecular formula is C15H25N3O3. The molecule has 0 bridgehead atoms. The first kappa shape index (κ1) is 14.9. The highest BCUT2D eigenvalue weighted by molar-refractivity contribution is 4.96. The maximum absolute atomic E-state index is 9.52. The number of aliphatic hydroxyl groups is 1. The van der Waals surface area contributed by atoms with Crippen LogP contribution < -0.4 is 0 Å². The molecule has 0 spiro atoms. The molecule has 0 amide bonds. The van der Waals surface area contributed by atoms with Crippen LogP contribution in [0.1, 0.15) is 50.2 Å². The summed E-state index contributed by atoms with van der Waals surface area (Å²) in [4.78, 5) is 6.88. The van der Waals surface area contributed by atoms with Gasteiger partial charge in [0.25, 0.3) is 0 Å². The molecule has 118 valence electrons. The van der Waals surface area contributed by atoms with E-state index in [1.807, 2.05) is 0 Å². The topological polar surface area (TPSA) is 71.6 Å². The summed E-state index contributed by atoms with van der Waals surface area (Å²) in [7, 11) is 0. The van der Waals surface area contributed by atoms with Crippen LogP contribution in [0.4, 0.5) is 0 Å². The fourth-order valence-corrected chi connectivity index (χ4v) is 3.33. The normalized spacial score (nSPS) is 28.9. The molecule has 2 saturated heterocycles. The molecule has 21 heavy (non-hydrogen) atoms. The largest absolute Gasteiger partial charge is 0.396 e. The van der Waals surface area contributed by atoms with E-state index in [1.165, 1.54) is 0 Å². The summed E-state index contributed by atoms with van der Waals surface area (Å²) in [6.07, 6.45) is 4.13. The molecule has 0 aliphatic carbocycles. The van der Waals surface area contributed by atoms with Gasteiger partial charge in [0.15, 0.2) is 5.82 Å². The fraction of sp³-hybridized carbons (Fsp3) is 0.867. The minimum absolute atomic E-state index is 0.00548. The first-order valence-corrected chi connectivity index (χ1v) is 7.92. The molecule has 2 aliphatic rings. The zero-order chi connectivity index (χ0) is 14.7. The van der Waals surface area contributed by atoms with E-state index in [0.29, 0.717) is 12.5 Å². The summed E-state index contributed by atoms with van der Waals surface area (Å²) in [5.74, 6) is 1.87. The van der Waals surface area contributed by atoms with E-state index in [4.69, 9.17) is 9.26 Å². The van der Waals surface area contributed by atoms with Gasteiger partial charge in [-0.05, 0) is 32.2 Å². The molecule has 6 nitrogen and oxygen atoms in total. The van der Waals surface area contributed by atoms with Crippen LogP contribution in [0.25, 0.3) is 0 Å². The van der Waals surface area contributed by atoms with Crippen LogP contribution in [0, 0.1) is 5.41 Å². The van der Waals surface area contributed by atoms with E-state index >= 15 is 0 Å².